The fourth-order valence-electron chi connectivity index (χ4n) is 3.77. The Labute approximate surface area is 182 Å². The number of hydrogen-bond donors (Lipinski definition) is 1. The summed E-state index contributed by atoms with van der Waals surface area (Å²) in [6.45, 7) is 4.12. The molecule has 5 heteroatoms. The first-order valence-corrected chi connectivity index (χ1v) is 10.2. The minimum atomic E-state index is -0.227. The van der Waals surface area contributed by atoms with E-state index in [0.717, 1.165) is 39.1 Å². The minimum absolute atomic E-state index is 0.227. The van der Waals surface area contributed by atoms with E-state index in [1.807, 2.05) is 56.6 Å². The van der Waals surface area contributed by atoms with Crippen molar-refractivity contribution in [3.63, 3.8) is 0 Å². The number of hydrazone groups is 1. The topological polar surface area (TPSA) is 49.6 Å². The molecule has 1 N–H and O–H groups in total. The van der Waals surface area contributed by atoms with Crippen LogP contribution in [-0.4, -0.2) is 30.8 Å². The van der Waals surface area contributed by atoms with Crippen molar-refractivity contribution < 1.29 is 4.79 Å². The Bertz CT molecular complexity index is 1270. The Hall–Kier alpha value is -3.86. The molecule has 31 heavy (non-hydrogen) atoms. The second-order valence-corrected chi connectivity index (χ2v) is 7.83. The van der Waals surface area contributed by atoms with Gasteiger partial charge in [0.15, 0.2) is 0 Å². The smallest absolute Gasteiger partial charge is 0.271 e. The van der Waals surface area contributed by atoms with E-state index in [2.05, 4.69) is 64.2 Å². The van der Waals surface area contributed by atoms with Crippen LogP contribution in [0.15, 0.2) is 77.9 Å². The van der Waals surface area contributed by atoms with Crippen LogP contribution in [-0.2, 0) is 0 Å². The quantitative estimate of drug-likeness (QED) is 0.369. The molecule has 3 aromatic carbocycles. The molecule has 0 saturated carbocycles. The average Bonchev–Trinajstić information content (AvgIpc) is 3.06. The lowest BCUT2D eigenvalue weighted by Crippen LogP contribution is -2.17. The number of nitrogens with zero attached hydrogens (tertiary/aromatic N) is 3. The molecule has 0 saturated heterocycles. The molecule has 0 unspecified atom stereocenters. The van der Waals surface area contributed by atoms with Crippen molar-refractivity contribution in [2.45, 2.75) is 13.8 Å². The first-order valence-electron chi connectivity index (χ1n) is 10.2. The third kappa shape index (κ3) is 4.21. The van der Waals surface area contributed by atoms with Crippen molar-refractivity contribution >= 4 is 28.6 Å². The van der Waals surface area contributed by atoms with Gasteiger partial charge in [-0.1, -0.05) is 30.3 Å². The van der Waals surface area contributed by atoms with Gasteiger partial charge in [0.05, 0.1) is 6.21 Å². The van der Waals surface area contributed by atoms with Crippen LogP contribution >= 0.6 is 0 Å². The number of carbonyl (C=O) groups is 1. The summed E-state index contributed by atoms with van der Waals surface area (Å²) in [4.78, 5) is 14.6. The molecule has 5 nitrogen and oxygen atoms in total. The number of rotatable bonds is 5. The van der Waals surface area contributed by atoms with Gasteiger partial charge in [-0.2, -0.15) is 5.10 Å². The molecule has 1 heterocycles. The summed E-state index contributed by atoms with van der Waals surface area (Å²) >= 11 is 0. The highest BCUT2D eigenvalue weighted by Gasteiger charge is 2.10. The Morgan fingerprint density at radius 2 is 1.65 bits per heavy atom. The van der Waals surface area contributed by atoms with Crippen molar-refractivity contribution in [2.75, 3.05) is 19.0 Å². The Morgan fingerprint density at radius 3 is 2.35 bits per heavy atom. The van der Waals surface area contributed by atoms with Crippen LogP contribution in [0, 0.1) is 13.8 Å². The zero-order chi connectivity index (χ0) is 22.0. The summed E-state index contributed by atoms with van der Waals surface area (Å²) in [7, 11) is 4.06. The maximum atomic E-state index is 12.5. The Kier molecular flexibility index (Phi) is 5.58. The van der Waals surface area contributed by atoms with Crippen LogP contribution in [0.1, 0.15) is 27.3 Å². The molecular weight excluding hydrogens is 384 g/mol. The highest BCUT2D eigenvalue weighted by molar-refractivity contribution is 5.99. The number of hydrogen-bond acceptors (Lipinski definition) is 3. The average molecular weight is 411 g/mol. The van der Waals surface area contributed by atoms with Crippen LogP contribution < -0.4 is 10.3 Å². The van der Waals surface area contributed by atoms with Crippen molar-refractivity contribution in [2.24, 2.45) is 5.10 Å². The molecule has 0 fully saturated rings. The third-order valence-corrected chi connectivity index (χ3v) is 5.48. The highest BCUT2D eigenvalue weighted by atomic mass is 16.2. The number of fused-ring (bicyclic) bond motifs is 1. The number of amides is 1. The summed E-state index contributed by atoms with van der Waals surface area (Å²) in [5.41, 5.74) is 8.63. The van der Waals surface area contributed by atoms with Crippen molar-refractivity contribution in [3.8, 4) is 5.69 Å². The molecule has 0 radical (unpaired) electrons. The Balaban J connectivity index is 1.51. The van der Waals surface area contributed by atoms with E-state index in [0.29, 0.717) is 5.56 Å². The number of aromatic nitrogens is 1. The molecule has 4 aromatic rings. The van der Waals surface area contributed by atoms with Gasteiger partial charge in [0.25, 0.3) is 5.91 Å². The van der Waals surface area contributed by atoms with Crippen LogP contribution in [0.25, 0.3) is 16.5 Å². The summed E-state index contributed by atoms with van der Waals surface area (Å²) in [5, 5.41) is 6.34. The van der Waals surface area contributed by atoms with Gasteiger partial charge < -0.3 is 9.47 Å². The second-order valence-electron chi connectivity index (χ2n) is 7.83. The Morgan fingerprint density at radius 1 is 0.935 bits per heavy atom. The standard InChI is InChI=1S/C26H26N4O/c1-18-15-23(19(2)30(18)25-13-11-24(12-14-25)29(3)4)17-27-28-26(31)22-10-9-20-7-5-6-8-21(20)16-22/h5-17H,1-4H3,(H,28,31)/b27-17-. The van der Waals surface area contributed by atoms with Gasteiger partial charge in [-0.25, -0.2) is 5.43 Å². The molecule has 1 amide bonds. The maximum Gasteiger partial charge on any atom is 0.271 e. The van der Waals surface area contributed by atoms with E-state index >= 15 is 0 Å². The minimum Gasteiger partial charge on any atom is -0.378 e. The summed E-state index contributed by atoms with van der Waals surface area (Å²) in [5.74, 6) is -0.227. The highest BCUT2D eigenvalue weighted by Crippen LogP contribution is 2.22. The SMILES string of the molecule is Cc1cc(/C=N\NC(=O)c2ccc3ccccc3c2)c(C)n1-c1ccc(N(C)C)cc1. The van der Waals surface area contributed by atoms with Gasteiger partial charge >= 0.3 is 0 Å². The van der Waals surface area contributed by atoms with Gasteiger partial charge in [-0.15, -0.1) is 0 Å². The number of anilines is 1. The summed E-state index contributed by atoms with van der Waals surface area (Å²) < 4.78 is 2.19. The molecule has 156 valence electrons. The van der Waals surface area contributed by atoms with Crippen LogP contribution in [0.5, 0.6) is 0 Å². The number of aryl methyl sites for hydroxylation is 1. The summed E-state index contributed by atoms with van der Waals surface area (Å²) in [6.07, 6.45) is 1.70. The first kappa shape index (κ1) is 20.4. The zero-order valence-electron chi connectivity index (χ0n) is 18.3. The molecule has 4 rings (SSSR count). The number of nitrogens with one attached hydrogen (secondary N) is 1. The largest absolute Gasteiger partial charge is 0.378 e. The van der Waals surface area contributed by atoms with Crippen molar-refractivity contribution in [1.82, 2.24) is 9.99 Å². The molecular formula is C26H26N4O. The maximum absolute atomic E-state index is 12.5. The van der Waals surface area contributed by atoms with E-state index in [1.54, 1.807) is 6.21 Å². The van der Waals surface area contributed by atoms with Crippen molar-refractivity contribution in [3.05, 3.63) is 95.3 Å². The second kappa shape index (κ2) is 8.48. The van der Waals surface area contributed by atoms with Crippen LogP contribution in [0.2, 0.25) is 0 Å². The number of carbonyl (C=O) groups excluding carboxylic acids is 1. The lowest BCUT2D eigenvalue weighted by atomic mass is 10.1. The molecule has 0 bridgehead atoms. The monoisotopic (exact) mass is 410 g/mol. The predicted molar refractivity (Wildman–Crippen MR) is 129 cm³/mol. The van der Waals surface area contributed by atoms with Gasteiger partial charge in [-0.3, -0.25) is 4.79 Å². The first-order chi connectivity index (χ1) is 14.9. The normalized spacial score (nSPS) is 11.2. The zero-order valence-corrected chi connectivity index (χ0v) is 18.3. The third-order valence-electron chi connectivity index (χ3n) is 5.48. The summed E-state index contributed by atoms with van der Waals surface area (Å²) in [6, 6.07) is 24.1. The van der Waals surface area contributed by atoms with Gasteiger partial charge in [-0.05, 0) is 67.1 Å². The van der Waals surface area contributed by atoms with Crippen LogP contribution in [0.3, 0.4) is 0 Å². The molecule has 0 atom stereocenters. The fraction of sp³-hybridized carbons (Fsp3) is 0.154. The molecule has 0 aliphatic rings. The van der Waals surface area contributed by atoms with Gasteiger partial charge in [0, 0.05) is 48.0 Å². The van der Waals surface area contributed by atoms with Gasteiger partial charge in [0.2, 0.25) is 0 Å². The lowest BCUT2D eigenvalue weighted by molar-refractivity contribution is 0.0955. The van der Waals surface area contributed by atoms with E-state index in [9.17, 15) is 4.79 Å². The van der Waals surface area contributed by atoms with E-state index in [4.69, 9.17) is 0 Å². The van der Waals surface area contributed by atoms with Gasteiger partial charge in [0.1, 0.15) is 0 Å². The predicted octanol–water partition coefficient (Wildman–Crippen LogP) is 5.08. The lowest BCUT2D eigenvalue weighted by Gasteiger charge is -2.14. The van der Waals surface area contributed by atoms with E-state index in [1.165, 1.54) is 0 Å². The van der Waals surface area contributed by atoms with E-state index < -0.39 is 0 Å². The van der Waals surface area contributed by atoms with Crippen LogP contribution in [0.4, 0.5) is 5.69 Å². The molecule has 0 spiro atoms. The molecule has 1 aromatic heterocycles. The number of benzene rings is 3. The van der Waals surface area contributed by atoms with E-state index in [-0.39, 0.29) is 5.91 Å². The fourth-order valence-corrected chi connectivity index (χ4v) is 3.77. The van der Waals surface area contributed by atoms with Crippen molar-refractivity contribution in [1.29, 1.82) is 0 Å². The molecule has 0 aliphatic heterocycles. The molecule has 0 aliphatic carbocycles.